The van der Waals surface area contributed by atoms with E-state index in [2.05, 4.69) is 0 Å². The zero-order chi connectivity index (χ0) is 72.2. The van der Waals surface area contributed by atoms with Gasteiger partial charge in [-0.3, -0.25) is 38.6 Å². The summed E-state index contributed by atoms with van der Waals surface area (Å²) in [6, 6.07) is 63.9. The second kappa shape index (κ2) is 27.6. The minimum absolute atomic E-state index is 0.0114. The molecule has 13 aromatic carbocycles. The van der Waals surface area contributed by atoms with Gasteiger partial charge in [0.25, 0.3) is 23.6 Å². The molecule has 2 atom stereocenters. The Balaban J connectivity index is 1.10. The molecule has 2 aliphatic heterocycles. The maximum absolute atomic E-state index is 16.7. The normalized spacial score (nSPS) is 13.2. The predicted molar refractivity (Wildman–Crippen MR) is 403 cm³/mol. The fourth-order valence-corrected chi connectivity index (χ4v) is 14.5. The molecule has 0 fully saturated rings. The first-order valence-electron chi connectivity index (χ1n) is 34.9. The van der Waals surface area contributed by atoms with Crippen molar-refractivity contribution in [3.8, 4) is 57.5 Å². The topological polar surface area (TPSA) is 193 Å². The number of aromatic hydroxyl groups is 2. The maximum atomic E-state index is 16.7. The number of aryl methyl sites for hydroxylation is 4. The van der Waals surface area contributed by atoms with Crippen LogP contribution in [-0.4, -0.2) is 81.6 Å². The number of anilines is 2. The molecule has 0 aromatic heterocycles. The lowest BCUT2D eigenvalue weighted by molar-refractivity contribution is -0.122. The van der Waals surface area contributed by atoms with Crippen molar-refractivity contribution in [2.24, 2.45) is 0 Å². The van der Waals surface area contributed by atoms with Gasteiger partial charge in [0.1, 0.15) is 69.6 Å². The molecule has 516 valence electrons. The van der Waals surface area contributed by atoms with Crippen LogP contribution in [0.25, 0.3) is 43.1 Å². The minimum Gasteiger partial charge on any atom is -0.508 e. The molecule has 104 heavy (non-hydrogen) atoms. The molecule has 0 saturated heterocycles. The molecule has 0 spiro atoms. The number of ether oxygens (including phenoxy) is 4. The van der Waals surface area contributed by atoms with E-state index >= 15 is 28.8 Å². The first kappa shape index (κ1) is 67.0. The number of imide groups is 2. The van der Waals surface area contributed by atoms with Crippen LogP contribution in [0.4, 0.5) is 11.4 Å². The number of amides is 6. The van der Waals surface area contributed by atoms with Gasteiger partial charge >= 0.3 is 0 Å². The standard InChI is InChI=1S/C88H72N4O12/c1-7-51-21-17-29-61(41-51)101-71-47-65-75-66(84(96)91(83(65)95)69(45-55-33-37-59(93)38-34-55)87(99)89(5)57-25-13-11-14-26-57)49-73(103-63-31-19-23-53(9-3)43-63)79-80-74(104-64-32-20-24-54(10-4)44-64)50-68-76-67(48-72(78(82(76)80)77(71)81(75)79)102-62-30-18-22-52(8-2)42-62)85(97)92(86(68)98)70(46-56-35-39-60(94)40-36-56)88(100)90(6)58-27-15-12-16-28-58/h11-44,47-50,69-70,93-94H,7-10,45-46H2,1-6H3. The van der Waals surface area contributed by atoms with Crippen LogP contribution in [-0.2, 0) is 48.1 Å². The number of fused-ring (bicyclic) bond motifs is 2. The molecule has 0 bridgehead atoms. The quantitative estimate of drug-likeness (QED) is 0.0371. The molecule has 2 aliphatic rings. The van der Waals surface area contributed by atoms with E-state index in [1.54, 1.807) is 135 Å². The Hall–Kier alpha value is -12.8. The highest BCUT2D eigenvalue weighted by Gasteiger charge is 2.47. The van der Waals surface area contributed by atoms with E-state index in [-0.39, 0.29) is 113 Å². The van der Waals surface area contributed by atoms with Crippen molar-refractivity contribution in [3.63, 3.8) is 0 Å². The van der Waals surface area contributed by atoms with Crippen LogP contribution >= 0.6 is 0 Å². The van der Waals surface area contributed by atoms with Crippen molar-refractivity contribution in [3.05, 3.63) is 286 Å². The van der Waals surface area contributed by atoms with E-state index < -0.39 is 47.5 Å². The Morgan fingerprint density at radius 1 is 0.327 bits per heavy atom. The fraction of sp³-hybridized carbons (Fsp3) is 0.159. The molecule has 16 nitrogen and oxygen atoms in total. The largest absolute Gasteiger partial charge is 0.508 e. The van der Waals surface area contributed by atoms with Gasteiger partial charge in [0.2, 0.25) is 11.8 Å². The molecule has 0 saturated carbocycles. The van der Waals surface area contributed by atoms with E-state index in [9.17, 15) is 10.2 Å². The molecule has 6 amide bonds. The van der Waals surface area contributed by atoms with Crippen molar-refractivity contribution >= 4 is 89.9 Å². The number of hydrogen-bond acceptors (Lipinski definition) is 12. The highest BCUT2D eigenvalue weighted by Crippen LogP contribution is 2.58. The first-order valence-corrected chi connectivity index (χ1v) is 34.9. The highest BCUT2D eigenvalue weighted by molar-refractivity contribution is 6.45. The molecule has 0 radical (unpaired) electrons. The van der Waals surface area contributed by atoms with E-state index in [0.717, 1.165) is 32.1 Å². The minimum atomic E-state index is -1.49. The molecular formula is C88H72N4O12. The van der Waals surface area contributed by atoms with Gasteiger partial charge in [0.05, 0.1) is 22.3 Å². The summed E-state index contributed by atoms with van der Waals surface area (Å²) < 4.78 is 29.4. The molecule has 15 rings (SSSR count). The Kier molecular flexibility index (Phi) is 17.8. The molecule has 2 heterocycles. The summed E-state index contributed by atoms with van der Waals surface area (Å²) in [4.78, 5) is 103. The van der Waals surface area contributed by atoms with Crippen molar-refractivity contribution in [1.29, 1.82) is 0 Å². The summed E-state index contributed by atoms with van der Waals surface area (Å²) in [6.45, 7) is 8.08. The van der Waals surface area contributed by atoms with Crippen LogP contribution in [0.1, 0.15) is 103 Å². The average Bonchev–Trinajstić information content (AvgIpc) is 0.671. The van der Waals surface area contributed by atoms with Crippen LogP contribution in [0.5, 0.6) is 57.5 Å². The molecule has 2 N–H and O–H groups in total. The smallest absolute Gasteiger partial charge is 0.262 e. The van der Waals surface area contributed by atoms with Crippen molar-refractivity contribution < 1.29 is 57.9 Å². The number of carbonyl (C=O) groups is 6. The van der Waals surface area contributed by atoms with Crippen LogP contribution < -0.4 is 28.7 Å². The van der Waals surface area contributed by atoms with Gasteiger partial charge in [-0.2, -0.15) is 0 Å². The Bertz CT molecular complexity index is 5030. The molecule has 2 unspecified atom stereocenters. The Morgan fingerprint density at radius 2 is 0.596 bits per heavy atom. The summed E-state index contributed by atoms with van der Waals surface area (Å²) in [5.74, 6) is -2.68. The van der Waals surface area contributed by atoms with Gasteiger partial charge in [0, 0.05) is 81.4 Å². The second-order valence-corrected chi connectivity index (χ2v) is 26.3. The summed E-state index contributed by atoms with van der Waals surface area (Å²) >= 11 is 0. The van der Waals surface area contributed by atoms with E-state index in [1.165, 1.54) is 34.1 Å². The number of rotatable bonds is 22. The van der Waals surface area contributed by atoms with Crippen LogP contribution in [0, 0.1) is 0 Å². The number of likely N-dealkylation sites (N-methyl/N-ethyl adjacent to an activating group) is 2. The Labute approximate surface area is 600 Å². The van der Waals surface area contributed by atoms with Gasteiger partial charge in [-0.25, -0.2) is 0 Å². The third-order valence-electron chi connectivity index (χ3n) is 20.0. The highest BCUT2D eigenvalue weighted by atomic mass is 16.5. The predicted octanol–water partition coefficient (Wildman–Crippen LogP) is 18.3. The van der Waals surface area contributed by atoms with Gasteiger partial charge in [-0.1, -0.05) is 137 Å². The van der Waals surface area contributed by atoms with Crippen LogP contribution in [0.2, 0.25) is 0 Å². The van der Waals surface area contributed by atoms with E-state index in [1.807, 2.05) is 113 Å². The Morgan fingerprint density at radius 3 is 0.856 bits per heavy atom. The summed E-state index contributed by atoms with van der Waals surface area (Å²) in [5.41, 5.74) is 5.75. The number of carbonyl (C=O) groups excluding carboxylic acids is 6. The zero-order valence-corrected chi connectivity index (χ0v) is 58.1. The SMILES string of the molecule is CCc1cccc(Oc2cc3c4c(cc(Oc5cccc(CC)c5)c5c6c(Oc7cccc(CC)c7)cc7c8c(cc(Oc9cccc(CC)c9)c(c2c45)c86)C(=O)N(C(Cc2ccc(O)cc2)C(=O)N(C)c2ccccc2)C7=O)C(=O)N(C(Cc2ccc(O)cc2)C(=O)N(C)c2ccccc2)C3=O)c1. The monoisotopic (exact) mass is 1380 g/mol. The second-order valence-electron chi connectivity index (χ2n) is 26.3. The van der Waals surface area contributed by atoms with Gasteiger partial charge in [-0.15, -0.1) is 0 Å². The summed E-state index contributed by atoms with van der Waals surface area (Å²) in [7, 11) is 3.19. The first-order chi connectivity index (χ1) is 50.5. The molecule has 13 aromatic rings. The maximum Gasteiger partial charge on any atom is 0.262 e. The summed E-state index contributed by atoms with van der Waals surface area (Å²) in [6.07, 6.45) is 2.20. The lowest BCUT2D eigenvalue weighted by Crippen LogP contribution is -2.55. The fourth-order valence-electron chi connectivity index (χ4n) is 14.5. The van der Waals surface area contributed by atoms with Gasteiger partial charge < -0.3 is 39.0 Å². The van der Waals surface area contributed by atoms with E-state index in [4.69, 9.17) is 18.9 Å². The number of phenolic OH excluding ortho intramolecular Hbond substituents is 2. The number of benzene rings is 13. The van der Waals surface area contributed by atoms with Gasteiger partial charge in [-0.05, 0) is 180 Å². The third-order valence-corrected chi connectivity index (χ3v) is 20.0. The van der Waals surface area contributed by atoms with E-state index in [0.29, 0.717) is 71.2 Å². The van der Waals surface area contributed by atoms with Gasteiger partial charge in [0.15, 0.2) is 0 Å². The lowest BCUT2D eigenvalue weighted by Gasteiger charge is -2.37. The molecule has 0 aliphatic carbocycles. The van der Waals surface area contributed by atoms with Crippen LogP contribution in [0.3, 0.4) is 0 Å². The van der Waals surface area contributed by atoms with Crippen LogP contribution in [0.15, 0.2) is 231 Å². The van der Waals surface area contributed by atoms with Crippen molar-refractivity contribution in [2.75, 3.05) is 23.9 Å². The molecule has 16 heteroatoms. The number of nitrogens with zero attached hydrogens (tertiary/aromatic N) is 4. The average molecular weight is 1380 g/mol. The summed E-state index contributed by atoms with van der Waals surface area (Å²) in [5, 5.41) is 23.1. The number of hydrogen-bond donors (Lipinski definition) is 2. The third kappa shape index (κ3) is 12.1. The lowest BCUT2D eigenvalue weighted by atomic mass is 9.80. The number of para-hydroxylation sites is 2. The molecular weight excluding hydrogens is 1300 g/mol. The van der Waals surface area contributed by atoms with Crippen molar-refractivity contribution in [1.82, 2.24) is 9.80 Å². The zero-order valence-electron chi connectivity index (χ0n) is 58.1. The van der Waals surface area contributed by atoms with Crippen molar-refractivity contribution in [2.45, 2.75) is 78.3 Å². The number of phenols is 2.